The molecule has 0 aliphatic heterocycles. The second kappa shape index (κ2) is 9.82. The molecule has 4 heteroatoms. The molecule has 0 aromatic carbocycles. The van der Waals surface area contributed by atoms with Crippen LogP contribution in [0.3, 0.4) is 0 Å². The Morgan fingerprint density at radius 3 is 2.42 bits per heavy atom. The minimum Gasteiger partial charge on any atom is -0.348 e. The van der Waals surface area contributed by atoms with Gasteiger partial charge in [-0.1, -0.05) is 38.1 Å². The van der Waals surface area contributed by atoms with Crippen molar-refractivity contribution >= 4 is 17.5 Å². The van der Waals surface area contributed by atoms with Gasteiger partial charge >= 0.3 is 0 Å². The molecule has 108 valence electrons. The minimum atomic E-state index is -0.111. The molecule has 0 rings (SSSR count). The van der Waals surface area contributed by atoms with Crippen molar-refractivity contribution < 1.29 is 4.79 Å². The van der Waals surface area contributed by atoms with Crippen molar-refractivity contribution in [1.82, 2.24) is 10.2 Å². The van der Waals surface area contributed by atoms with E-state index in [2.05, 4.69) is 23.7 Å². The van der Waals surface area contributed by atoms with Crippen LogP contribution in [0.4, 0.5) is 0 Å². The van der Waals surface area contributed by atoms with Crippen LogP contribution in [0.25, 0.3) is 0 Å². The number of rotatable bonds is 8. The van der Waals surface area contributed by atoms with Gasteiger partial charge in [-0.05, 0) is 39.1 Å². The highest BCUT2D eigenvalue weighted by molar-refractivity contribution is 6.29. The van der Waals surface area contributed by atoms with Crippen molar-refractivity contribution in [3.05, 3.63) is 35.4 Å². The van der Waals surface area contributed by atoms with Crippen molar-refractivity contribution in [3.63, 3.8) is 0 Å². The SMILES string of the molecule is C=C/C(=C\C=C(\Cl)CC)C(=O)NC(CC)CN(C)C. The molecule has 1 unspecified atom stereocenters. The molecule has 0 aromatic rings. The predicted octanol–water partition coefficient (Wildman–Crippen LogP) is 3.09. The molecule has 0 bridgehead atoms. The number of likely N-dealkylation sites (N-methyl/N-ethyl adjacent to an activating group) is 1. The van der Waals surface area contributed by atoms with Crippen LogP contribution < -0.4 is 5.32 Å². The molecule has 1 N–H and O–H groups in total. The van der Waals surface area contributed by atoms with Gasteiger partial charge < -0.3 is 10.2 Å². The molecule has 0 spiro atoms. The average molecular weight is 285 g/mol. The molecule has 0 aliphatic carbocycles. The topological polar surface area (TPSA) is 32.3 Å². The summed E-state index contributed by atoms with van der Waals surface area (Å²) in [4.78, 5) is 14.1. The molecule has 0 aliphatic rings. The fourth-order valence-electron chi connectivity index (χ4n) is 1.52. The average Bonchev–Trinajstić information content (AvgIpc) is 2.37. The first-order valence-corrected chi connectivity index (χ1v) is 6.96. The van der Waals surface area contributed by atoms with E-state index in [0.717, 1.165) is 19.4 Å². The smallest absolute Gasteiger partial charge is 0.251 e. The third-order valence-corrected chi connectivity index (χ3v) is 3.07. The number of allylic oxidation sites excluding steroid dienone is 3. The summed E-state index contributed by atoms with van der Waals surface area (Å²) in [5.41, 5.74) is 0.531. The Bertz CT molecular complexity index is 359. The molecule has 0 radical (unpaired) electrons. The minimum absolute atomic E-state index is 0.111. The number of hydrogen-bond donors (Lipinski definition) is 1. The van der Waals surface area contributed by atoms with Crippen LogP contribution >= 0.6 is 11.6 Å². The number of halogens is 1. The van der Waals surface area contributed by atoms with E-state index in [-0.39, 0.29) is 11.9 Å². The lowest BCUT2D eigenvalue weighted by molar-refractivity contribution is -0.118. The molecule has 0 fully saturated rings. The number of nitrogens with zero attached hydrogens (tertiary/aromatic N) is 1. The molecule has 0 saturated carbocycles. The van der Waals surface area contributed by atoms with E-state index in [1.54, 1.807) is 18.2 Å². The van der Waals surface area contributed by atoms with Crippen LogP contribution in [0.2, 0.25) is 0 Å². The first-order chi connectivity index (χ1) is 8.94. The lowest BCUT2D eigenvalue weighted by Crippen LogP contribution is -2.41. The van der Waals surface area contributed by atoms with E-state index in [9.17, 15) is 4.79 Å². The maximum Gasteiger partial charge on any atom is 0.251 e. The Morgan fingerprint density at radius 1 is 1.37 bits per heavy atom. The summed E-state index contributed by atoms with van der Waals surface area (Å²) in [6, 6.07) is 0.136. The summed E-state index contributed by atoms with van der Waals surface area (Å²) >= 11 is 5.92. The van der Waals surface area contributed by atoms with Crippen LogP contribution in [0.5, 0.6) is 0 Å². The summed E-state index contributed by atoms with van der Waals surface area (Å²) in [6.07, 6.45) is 6.64. The van der Waals surface area contributed by atoms with E-state index in [1.807, 2.05) is 21.0 Å². The summed E-state index contributed by atoms with van der Waals surface area (Å²) in [5, 5.41) is 3.71. The van der Waals surface area contributed by atoms with E-state index < -0.39 is 0 Å². The van der Waals surface area contributed by atoms with Crippen molar-refractivity contribution in [2.45, 2.75) is 32.7 Å². The molecule has 0 heterocycles. The number of hydrogen-bond acceptors (Lipinski definition) is 2. The Morgan fingerprint density at radius 2 is 2.00 bits per heavy atom. The van der Waals surface area contributed by atoms with Gasteiger partial charge in [-0.2, -0.15) is 0 Å². The zero-order valence-electron chi connectivity index (χ0n) is 12.4. The van der Waals surface area contributed by atoms with Gasteiger partial charge in [0.2, 0.25) is 0 Å². The largest absolute Gasteiger partial charge is 0.348 e. The molecular weight excluding hydrogens is 260 g/mol. The van der Waals surface area contributed by atoms with E-state index in [4.69, 9.17) is 11.6 Å². The second-order valence-corrected chi connectivity index (χ2v) is 5.12. The summed E-state index contributed by atoms with van der Waals surface area (Å²) in [7, 11) is 3.98. The number of nitrogens with one attached hydrogen (secondary N) is 1. The fourth-order valence-corrected chi connectivity index (χ4v) is 1.58. The van der Waals surface area contributed by atoms with Gasteiger partial charge in [0.15, 0.2) is 0 Å². The maximum atomic E-state index is 12.1. The highest BCUT2D eigenvalue weighted by Crippen LogP contribution is 2.08. The van der Waals surface area contributed by atoms with Crippen molar-refractivity contribution in [2.24, 2.45) is 0 Å². The lowest BCUT2D eigenvalue weighted by Gasteiger charge is -2.21. The van der Waals surface area contributed by atoms with E-state index in [1.165, 1.54) is 0 Å². The maximum absolute atomic E-state index is 12.1. The molecule has 19 heavy (non-hydrogen) atoms. The predicted molar refractivity (Wildman–Crippen MR) is 83.3 cm³/mol. The van der Waals surface area contributed by atoms with Crippen LogP contribution in [-0.2, 0) is 4.79 Å². The van der Waals surface area contributed by atoms with Gasteiger partial charge in [0.25, 0.3) is 5.91 Å². The van der Waals surface area contributed by atoms with E-state index >= 15 is 0 Å². The zero-order valence-corrected chi connectivity index (χ0v) is 13.1. The quantitative estimate of drug-likeness (QED) is 0.549. The monoisotopic (exact) mass is 284 g/mol. The fraction of sp³-hybridized carbons (Fsp3) is 0.533. The normalized spacial score (nSPS) is 14.4. The highest BCUT2D eigenvalue weighted by atomic mass is 35.5. The van der Waals surface area contributed by atoms with Crippen molar-refractivity contribution in [2.75, 3.05) is 20.6 Å². The Balaban J connectivity index is 4.71. The third-order valence-electron chi connectivity index (χ3n) is 2.68. The van der Waals surface area contributed by atoms with E-state index in [0.29, 0.717) is 10.6 Å². The first-order valence-electron chi connectivity index (χ1n) is 6.58. The van der Waals surface area contributed by atoms with Crippen LogP contribution in [0.1, 0.15) is 26.7 Å². The molecule has 1 amide bonds. The summed E-state index contributed by atoms with van der Waals surface area (Å²) in [6.45, 7) is 8.50. The molecular formula is C15H25ClN2O. The lowest BCUT2D eigenvalue weighted by atomic mass is 10.1. The van der Waals surface area contributed by atoms with Gasteiger partial charge in [0, 0.05) is 23.2 Å². The van der Waals surface area contributed by atoms with Gasteiger partial charge in [-0.3, -0.25) is 4.79 Å². The van der Waals surface area contributed by atoms with Crippen molar-refractivity contribution in [3.8, 4) is 0 Å². The van der Waals surface area contributed by atoms with Crippen molar-refractivity contribution in [1.29, 1.82) is 0 Å². The summed E-state index contributed by atoms with van der Waals surface area (Å²) < 4.78 is 0. The van der Waals surface area contributed by atoms with Gasteiger partial charge in [-0.25, -0.2) is 0 Å². The number of carbonyl (C=O) groups is 1. The zero-order chi connectivity index (χ0) is 14.8. The summed E-state index contributed by atoms with van der Waals surface area (Å²) in [5.74, 6) is -0.111. The van der Waals surface area contributed by atoms with Crippen LogP contribution in [-0.4, -0.2) is 37.5 Å². The van der Waals surface area contributed by atoms with Gasteiger partial charge in [0.1, 0.15) is 0 Å². The Kier molecular flexibility index (Phi) is 9.27. The molecule has 0 aromatic heterocycles. The number of amides is 1. The Hall–Kier alpha value is -1.06. The van der Waals surface area contributed by atoms with Gasteiger partial charge in [0.05, 0.1) is 0 Å². The van der Waals surface area contributed by atoms with Crippen LogP contribution in [0.15, 0.2) is 35.4 Å². The third kappa shape index (κ3) is 7.85. The highest BCUT2D eigenvalue weighted by Gasteiger charge is 2.12. The first kappa shape index (κ1) is 17.9. The standard InChI is InChI=1S/C15H25ClN2O/c1-6-12(9-10-13(16)7-2)15(19)17-14(8-3)11-18(4)5/h6,9-10,14H,1,7-8,11H2,2-5H3,(H,17,19)/b12-9+,13-10+. The molecule has 1 atom stereocenters. The van der Waals surface area contributed by atoms with Crippen LogP contribution in [0, 0.1) is 0 Å². The Labute approximate surface area is 122 Å². The van der Waals surface area contributed by atoms with Gasteiger partial charge in [-0.15, -0.1) is 0 Å². The molecule has 3 nitrogen and oxygen atoms in total. The second-order valence-electron chi connectivity index (χ2n) is 4.63. The number of carbonyl (C=O) groups excluding carboxylic acids is 1. The molecule has 0 saturated heterocycles.